The normalized spacial score (nSPS) is 10.2. The number of amides is 1. The molecule has 2 aromatic heterocycles. The summed E-state index contributed by atoms with van der Waals surface area (Å²) in [6, 6.07) is 12.8. The van der Waals surface area contributed by atoms with Crippen molar-refractivity contribution in [2.45, 2.75) is 13.3 Å². The average Bonchev–Trinajstić information content (AvgIpc) is 3.27. The van der Waals surface area contributed by atoms with E-state index in [0.29, 0.717) is 36.6 Å². The van der Waals surface area contributed by atoms with Crippen molar-refractivity contribution in [2.24, 2.45) is 0 Å². The van der Waals surface area contributed by atoms with E-state index >= 15 is 0 Å². The van der Waals surface area contributed by atoms with Crippen LogP contribution < -0.4 is 5.32 Å². The molecule has 0 aliphatic heterocycles. The molecule has 0 radical (unpaired) electrons. The van der Waals surface area contributed by atoms with Crippen LogP contribution in [0.4, 0.5) is 0 Å². The Morgan fingerprint density at radius 3 is 2.86 bits per heavy atom. The lowest BCUT2D eigenvalue weighted by atomic mass is 10.1. The highest BCUT2D eigenvalue weighted by atomic mass is 16.5. The van der Waals surface area contributed by atoms with Gasteiger partial charge in [-0.2, -0.15) is 5.10 Å². The van der Waals surface area contributed by atoms with Crippen LogP contribution in [-0.2, 0) is 4.74 Å². The number of aromatic nitrogens is 3. The fourth-order valence-electron chi connectivity index (χ4n) is 2.58. The Balaban J connectivity index is 1.82. The molecule has 1 amide bonds. The molecular weight excluding hydrogens is 352 g/mol. The van der Waals surface area contributed by atoms with Gasteiger partial charge in [-0.1, -0.05) is 12.0 Å². The van der Waals surface area contributed by atoms with Crippen molar-refractivity contribution in [1.29, 1.82) is 0 Å². The number of benzene rings is 1. The van der Waals surface area contributed by atoms with Crippen LogP contribution in [0.15, 0.2) is 61.1 Å². The van der Waals surface area contributed by atoms with Crippen molar-refractivity contribution in [3.63, 3.8) is 0 Å². The van der Waals surface area contributed by atoms with Gasteiger partial charge in [0.1, 0.15) is 5.69 Å². The van der Waals surface area contributed by atoms with Gasteiger partial charge in [-0.15, -0.1) is 0 Å². The van der Waals surface area contributed by atoms with Crippen molar-refractivity contribution < 1.29 is 9.53 Å². The van der Waals surface area contributed by atoms with Gasteiger partial charge in [-0.3, -0.25) is 4.79 Å². The highest BCUT2D eigenvalue weighted by Gasteiger charge is 2.10. The largest absolute Gasteiger partial charge is 0.382 e. The summed E-state index contributed by atoms with van der Waals surface area (Å²) < 4.78 is 7.01. The molecule has 1 N–H and O–H groups in total. The molecular formula is C22H22N4O2. The lowest BCUT2D eigenvalue weighted by Gasteiger charge is -2.09. The van der Waals surface area contributed by atoms with E-state index in [-0.39, 0.29) is 5.91 Å². The van der Waals surface area contributed by atoms with E-state index in [0.717, 1.165) is 12.1 Å². The third kappa shape index (κ3) is 5.29. The summed E-state index contributed by atoms with van der Waals surface area (Å²) in [7, 11) is 0. The standard InChI is InChI=1S/C22H22N4O2/c1-2-28-16-6-13-24-22(27)19-9-11-21(26-15-5-14-25-26)18(17-19)8-10-20-7-3-4-12-23-20/h3-5,7,9,11-12,14-15,17H,2,6,13,16H2,1H3,(H,24,27). The van der Waals surface area contributed by atoms with Gasteiger partial charge in [0, 0.05) is 43.9 Å². The Hall–Kier alpha value is -3.43. The van der Waals surface area contributed by atoms with Gasteiger partial charge < -0.3 is 10.1 Å². The molecule has 1 aromatic carbocycles. The van der Waals surface area contributed by atoms with Crippen LogP contribution in [0.1, 0.15) is 35.0 Å². The van der Waals surface area contributed by atoms with Gasteiger partial charge in [0.25, 0.3) is 5.91 Å². The van der Waals surface area contributed by atoms with Crippen LogP contribution >= 0.6 is 0 Å². The predicted molar refractivity (Wildman–Crippen MR) is 107 cm³/mol. The SMILES string of the molecule is CCOCCCNC(=O)c1ccc(-n2cccn2)c(C#Cc2ccccn2)c1. The van der Waals surface area contributed by atoms with E-state index in [9.17, 15) is 4.79 Å². The van der Waals surface area contributed by atoms with Gasteiger partial charge >= 0.3 is 0 Å². The molecule has 0 bridgehead atoms. The molecule has 0 fully saturated rings. The van der Waals surface area contributed by atoms with Crippen molar-refractivity contribution in [3.05, 3.63) is 77.9 Å². The molecule has 2 heterocycles. The molecule has 3 aromatic rings. The Morgan fingerprint density at radius 2 is 2.11 bits per heavy atom. The third-order valence-electron chi connectivity index (χ3n) is 3.96. The van der Waals surface area contributed by atoms with E-state index in [2.05, 4.69) is 27.2 Å². The van der Waals surface area contributed by atoms with Gasteiger partial charge in [-0.05, 0) is 55.7 Å². The summed E-state index contributed by atoms with van der Waals surface area (Å²) in [4.78, 5) is 16.7. The second kappa shape index (κ2) is 10.0. The van der Waals surface area contributed by atoms with Crippen molar-refractivity contribution in [1.82, 2.24) is 20.1 Å². The smallest absolute Gasteiger partial charge is 0.251 e. The lowest BCUT2D eigenvalue weighted by Crippen LogP contribution is -2.25. The van der Waals surface area contributed by atoms with Crippen LogP contribution in [-0.4, -0.2) is 40.4 Å². The lowest BCUT2D eigenvalue weighted by molar-refractivity contribution is 0.0944. The van der Waals surface area contributed by atoms with Crippen molar-refractivity contribution in [3.8, 4) is 17.5 Å². The first kappa shape index (κ1) is 19.3. The second-order valence-corrected chi connectivity index (χ2v) is 5.95. The Bertz CT molecular complexity index is 957. The first-order chi connectivity index (χ1) is 13.8. The second-order valence-electron chi connectivity index (χ2n) is 5.95. The number of hydrogen-bond acceptors (Lipinski definition) is 4. The molecule has 0 spiro atoms. The number of nitrogens with zero attached hydrogens (tertiary/aromatic N) is 3. The van der Waals surface area contributed by atoms with Gasteiger partial charge in [0.05, 0.1) is 11.3 Å². The molecule has 28 heavy (non-hydrogen) atoms. The van der Waals surface area contributed by atoms with E-state index in [1.165, 1.54) is 0 Å². The summed E-state index contributed by atoms with van der Waals surface area (Å²) in [5.41, 5.74) is 2.73. The minimum Gasteiger partial charge on any atom is -0.382 e. The number of rotatable bonds is 7. The van der Waals surface area contributed by atoms with Crippen LogP contribution in [0, 0.1) is 11.8 Å². The molecule has 0 unspecified atom stereocenters. The maximum atomic E-state index is 12.5. The van der Waals surface area contributed by atoms with Crippen LogP contribution in [0.5, 0.6) is 0 Å². The fourth-order valence-corrected chi connectivity index (χ4v) is 2.58. The number of nitrogens with one attached hydrogen (secondary N) is 1. The maximum Gasteiger partial charge on any atom is 0.251 e. The Morgan fingerprint density at radius 1 is 1.18 bits per heavy atom. The first-order valence-electron chi connectivity index (χ1n) is 9.21. The molecule has 6 heteroatoms. The van der Waals surface area contributed by atoms with Gasteiger partial charge in [0.15, 0.2) is 0 Å². The summed E-state index contributed by atoms with van der Waals surface area (Å²) >= 11 is 0. The molecule has 0 saturated heterocycles. The number of hydrogen-bond donors (Lipinski definition) is 1. The predicted octanol–water partition coefficient (Wildman–Crippen LogP) is 2.82. The molecule has 6 nitrogen and oxygen atoms in total. The first-order valence-corrected chi connectivity index (χ1v) is 9.21. The average molecular weight is 374 g/mol. The van der Waals surface area contributed by atoms with E-state index in [1.807, 2.05) is 43.5 Å². The van der Waals surface area contributed by atoms with Crippen molar-refractivity contribution in [2.75, 3.05) is 19.8 Å². The Kier molecular flexibility index (Phi) is 6.94. The number of pyridine rings is 1. The summed E-state index contributed by atoms with van der Waals surface area (Å²) in [5, 5.41) is 7.18. The molecule has 0 aliphatic carbocycles. The molecule has 3 rings (SSSR count). The fraction of sp³-hybridized carbons (Fsp3) is 0.227. The highest BCUT2D eigenvalue weighted by Crippen LogP contribution is 2.16. The Labute approximate surface area is 164 Å². The summed E-state index contributed by atoms with van der Waals surface area (Å²) in [6.45, 7) is 3.83. The summed E-state index contributed by atoms with van der Waals surface area (Å²) in [5.74, 6) is 6.03. The minimum atomic E-state index is -0.135. The van der Waals surface area contributed by atoms with E-state index in [4.69, 9.17) is 4.74 Å². The minimum absolute atomic E-state index is 0.135. The van der Waals surface area contributed by atoms with Gasteiger partial charge in [0.2, 0.25) is 0 Å². The van der Waals surface area contributed by atoms with E-state index in [1.54, 1.807) is 29.2 Å². The van der Waals surface area contributed by atoms with Crippen LogP contribution in [0.2, 0.25) is 0 Å². The number of carbonyl (C=O) groups excluding carboxylic acids is 1. The van der Waals surface area contributed by atoms with Crippen LogP contribution in [0.25, 0.3) is 5.69 Å². The molecule has 0 aliphatic rings. The van der Waals surface area contributed by atoms with E-state index < -0.39 is 0 Å². The zero-order valence-corrected chi connectivity index (χ0v) is 15.8. The highest BCUT2D eigenvalue weighted by molar-refractivity contribution is 5.95. The molecule has 0 atom stereocenters. The molecule has 142 valence electrons. The zero-order valence-electron chi connectivity index (χ0n) is 15.8. The topological polar surface area (TPSA) is 69.0 Å². The van der Waals surface area contributed by atoms with Crippen LogP contribution in [0.3, 0.4) is 0 Å². The monoisotopic (exact) mass is 374 g/mol. The van der Waals surface area contributed by atoms with Crippen molar-refractivity contribution >= 4 is 5.91 Å². The quantitative estimate of drug-likeness (QED) is 0.510. The number of carbonyl (C=O) groups is 1. The third-order valence-corrected chi connectivity index (χ3v) is 3.96. The van der Waals surface area contributed by atoms with Gasteiger partial charge in [-0.25, -0.2) is 9.67 Å². The summed E-state index contributed by atoms with van der Waals surface area (Å²) in [6.07, 6.45) is 6.02. The zero-order chi connectivity index (χ0) is 19.6. The molecule has 0 saturated carbocycles. The number of ether oxygens (including phenoxy) is 1. The maximum absolute atomic E-state index is 12.5.